The van der Waals surface area contributed by atoms with Crippen LogP contribution in [-0.2, 0) is 0 Å². The van der Waals surface area contributed by atoms with Crippen molar-refractivity contribution in [1.29, 1.82) is 5.26 Å². The molecule has 0 aliphatic heterocycles. The van der Waals surface area contributed by atoms with E-state index in [9.17, 15) is 4.39 Å². The largest absolute Gasteiger partial charge is 0.341 e. The summed E-state index contributed by atoms with van der Waals surface area (Å²) in [4.78, 5) is 5.66. The van der Waals surface area contributed by atoms with Gasteiger partial charge in [-0.2, -0.15) is 5.26 Å². The summed E-state index contributed by atoms with van der Waals surface area (Å²) in [5.41, 5.74) is 1.43. The molecule has 0 N–H and O–H groups in total. The van der Waals surface area contributed by atoms with E-state index < -0.39 is 5.82 Å². The first kappa shape index (κ1) is 12.5. The molecule has 0 saturated carbocycles. The Kier molecular flexibility index (Phi) is 3.58. The standard InChI is InChI=1S/C13H9BrFN3/c1-18(10-3-2-6-17-8-10)11-5-4-9(7-16)12(14)13(11)15/h2-6,8H,1H3. The maximum Gasteiger partial charge on any atom is 0.162 e. The van der Waals surface area contributed by atoms with Crippen LogP contribution in [-0.4, -0.2) is 12.0 Å². The van der Waals surface area contributed by atoms with E-state index in [4.69, 9.17) is 5.26 Å². The van der Waals surface area contributed by atoms with Crippen LogP contribution in [0.1, 0.15) is 5.56 Å². The number of hydrogen-bond donors (Lipinski definition) is 0. The fraction of sp³-hybridized carbons (Fsp3) is 0.0769. The predicted molar refractivity (Wildman–Crippen MR) is 71.1 cm³/mol. The summed E-state index contributed by atoms with van der Waals surface area (Å²) in [7, 11) is 1.74. The van der Waals surface area contributed by atoms with Gasteiger partial charge in [-0.3, -0.25) is 4.98 Å². The van der Waals surface area contributed by atoms with E-state index in [0.29, 0.717) is 5.69 Å². The molecular formula is C13H9BrFN3. The van der Waals surface area contributed by atoms with Crippen LogP contribution < -0.4 is 4.90 Å². The molecule has 0 amide bonds. The van der Waals surface area contributed by atoms with Gasteiger partial charge >= 0.3 is 0 Å². The number of halogens is 2. The maximum atomic E-state index is 14.1. The third-order valence-electron chi connectivity index (χ3n) is 2.58. The molecule has 3 nitrogen and oxygen atoms in total. The Labute approximate surface area is 113 Å². The Morgan fingerprint density at radius 3 is 2.78 bits per heavy atom. The highest BCUT2D eigenvalue weighted by Gasteiger charge is 2.15. The van der Waals surface area contributed by atoms with Crippen LogP contribution in [0.4, 0.5) is 15.8 Å². The van der Waals surface area contributed by atoms with Gasteiger partial charge in [0.2, 0.25) is 0 Å². The number of anilines is 2. The molecule has 0 aliphatic rings. The summed E-state index contributed by atoms with van der Waals surface area (Å²) < 4.78 is 14.3. The first-order valence-corrected chi connectivity index (χ1v) is 5.96. The van der Waals surface area contributed by atoms with Gasteiger partial charge in [-0.15, -0.1) is 0 Å². The number of benzene rings is 1. The number of aromatic nitrogens is 1. The van der Waals surface area contributed by atoms with E-state index in [1.54, 1.807) is 42.5 Å². The zero-order chi connectivity index (χ0) is 13.1. The summed E-state index contributed by atoms with van der Waals surface area (Å²) in [6, 6.07) is 8.69. The molecular weight excluding hydrogens is 297 g/mol. The van der Waals surface area contributed by atoms with Gasteiger partial charge in [0.15, 0.2) is 5.82 Å². The Morgan fingerprint density at radius 1 is 1.39 bits per heavy atom. The summed E-state index contributed by atoms with van der Waals surface area (Å²) in [6.07, 6.45) is 3.30. The highest BCUT2D eigenvalue weighted by Crippen LogP contribution is 2.31. The molecule has 0 unspecified atom stereocenters. The molecule has 0 bridgehead atoms. The summed E-state index contributed by atoms with van der Waals surface area (Å²) >= 11 is 3.09. The average Bonchev–Trinajstić information content (AvgIpc) is 2.42. The molecule has 90 valence electrons. The highest BCUT2D eigenvalue weighted by molar-refractivity contribution is 9.10. The van der Waals surface area contributed by atoms with Gasteiger partial charge in [0.05, 0.1) is 27.6 Å². The molecule has 1 heterocycles. The normalized spacial score (nSPS) is 9.89. The number of rotatable bonds is 2. The van der Waals surface area contributed by atoms with Crippen molar-refractivity contribution >= 4 is 27.3 Å². The van der Waals surface area contributed by atoms with Crippen molar-refractivity contribution in [2.75, 3.05) is 11.9 Å². The molecule has 18 heavy (non-hydrogen) atoms. The van der Waals surface area contributed by atoms with Crippen LogP contribution in [0.2, 0.25) is 0 Å². The minimum Gasteiger partial charge on any atom is -0.341 e. The topological polar surface area (TPSA) is 39.9 Å². The fourth-order valence-corrected chi connectivity index (χ4v) is 2.00. The third-order valence-corrected chi connectivity index (χ3v) is 3.35. The van der Waals surface area contributed by atoms with Crippen LogP contribution in [0.15, 0.2) is 41.1 Å². The minimum atomic E-state index is -0.458. The zero-order valence-corrected chi connectivity index (χ0v) is 11.1. The summed E-state index contributed by atoms with van der Waals surface area (Å²) in [6.45, 7) is 0. The van der Waals surface area contributed by atoms with Crippen molar-refractivity contribution in [2.24, 2.45) is 0 Å². The zero-order valence-electron chi connectivity index (χ0n) is 9.56. The number of nitrogens with zero attached hydrogens (tertiary/aromatic N) is 3. The van der Waals surface area contributed by atoms with E-state index in [1.165, 1.54) is 0 Å². The van der Waals surface area contributed by atoms with Crippen molar-refractivity contribution < 1.29 is 4.39 Å². The van der Waals surface area contributed by atoms with Crippen LogP contribution in [0.25, 0.3) is 0 Å². The fourth-order valence-electron chi connectivity index (χ4n) is 1.58. The number of nitriles is 1. The molecule has 0 fully saturated rings. The SMILES string of the molecule is CN(c1cccnc1)c1ccc(C#N)c(Br)c1F. The molecule has 2 aromatic rings. The van der Waals surface area contributed by atoms with Crippen molar-refractivity contribution in [2.45, 2.75) is 0 Å². The second-order valence-corrected chi connectivity index (χ2v) is 4.44. The minimum absolute atomic E-state index is 0.179. The van der Waals surface area contributed by atoms with Gasteiger partial charge < -0.3 is 4.90 Å². The lowest BCUT2D eigenvalue weighted by molar-refractivity contribution is 0.620. The molecule has 0 radical (unpaired) electrons. The lowest BCUT2D eigenvalue weighted by atomic mass is 10.2. The quantitative estimate of drug-likeness (QED) is 0.850. The van der Waals surface area contributed by atoms with Gasteiger partial charge in [-0.25, -0.2) is 4.39 Å². The van der Waals surface area contributed by atoms with Gasteiger partial charge in [0, 0.05) is 13.2 Å². The van der Waals surface area contributed by atoms with Crippen molar-refractivity contribution in [1.82, 2.24) is 4.98 Å². The second-order valence-electron chi connectivity index (χ2n) is 3.64. The van der Waals surface area contributed by atoms with E-state index in [-0.39, 0.29) is 10.0 Å². The smallest absolute Gasteiger partial charge is 0.162 e. The molecule has 1 aromatic carbocycles. The number of hydrogen-bond acceptors (Lipinski definition) is 3. The van der Waals surface area contributed by atoms with Crippen molar-refractivity contribution in [3.8, 4) is 6.07 Å². The third kappa shape index (κ3) is 2.20. The molecule has 0 saturated heterocycles. The molecule has 0 spiro atoms. The Balaban J connectivity index is 2.47. The van der Waals surface area contributed by atoms with Gasteiger partial charge in [0.25, 0.3) is 0 Å². The monoisotopic (exact) mass is 305 g/mol. The molecule has 0 aliphatic carbocycles. The van der Waals surface area contributed by atoms with E-state index in [2.05, 4.69) is 20.9 Å². The molecule has 0 atom stereocenters. The first-order valence-electron chi connectivity index (χ1n) is 5.17. The van der Waals surface area contributed by atoms with Crippen LogP contribution in [0.3, 0.4) is 0 Å². The van der Waals surface area contributed by atoms with E-state index in [0.717, 1.165) is 5.69 Å². The van der Waals surface area contributed by atoms with E-state index in [1.807, 2.05) is 12.1 Å². The van der Waals surface area contributed by atoms with Crippen molar-refractivity contribution in [3.05, 3.63) is 52.5 Å². The van der Waals surface area contributed by atoms with Crippen LogP contribution in [0.5, 0.6) is 0 Å². The van der Waals surface area contributed by atoms with Gasteiger partial charge in [-0.1, -0.05) is 0 Å². The maximum absolute atomic E-state index is 14.1. The molecule has 1 aromatic heterocycles. The number of pyridine rings is 1. The molecule has 2 rings (SSSR count). The summed E-state index contributed by atoms with van der Waals surface area (Å²) in [5, 5.41) is 8.82. The Morgan fingerprint density at radius 2 is 2.17 bits per heavy atom. The predicted octanol–water partition coefficient (Wildman–Crippen LogP) is 3.62. The average molecular weight is 306 g/mol. The van der Waals surface area contributed by atoms with Crippen LogP contribution in [0, 0.1) is 17.1 Å². The molecule has 5 heteroatoms. The lowest BCUT2D eigenvalue weighted by Gasteiger charge is -2.20. The Hall–Kier alpha value is -1.93. The first-order chi connectivity index (χ1) is 8.65. The second kappa shape index (κ2) is 5.15. The van der Waals surface area contributed by atoms with Crippen LogP contribution >= 0.6 is 15.9 Å². The van der Waals surface area contributed by atoms with Crippen molar-refractivity contribution in [3.63, 3.8) is 0 Å². The highest BCUT2D eigenvalue weighted by atomic mass is 79.9. The Bertz CT molecular complexity index is 608. The lowest BCUT2D eigenvalue weighted by Crippen LogP contribution is -2.11. The van der Waals surface area contributed by atoms with Gasteiger partial charge in [0.1, 0.15) is 6.07 Å². The van der Waals surface area contributed by atoms with E-state index >= 15 is 0 Å². The summed E-state index contributed by atoms with van der Waals surface area (Å²) in [5.74, 6) is -0.458. The van der Waals surface area contributed by atoms with Gasteiger partial charge in [-0.05, 0) is 40.2 Å².